The number of ether oxygens (including phenoxy) is 5. The third-order valence-electron chi connectivity index (χ3n) is 9.34. The van der Waals surface area contributed by atoms with Crippen LogP contribution in [0.1, 0.15) is 94.4 Å². The van der Waals surface area contributed by atoms with Gasteiger partial charge in [0.1, 0.15) is 6.10 Å². The predicted octanol–water partition coefficient (Wildman–Crippen LogP) is 5.33. The summed E-state index contributed by atoms with van der Waals surface area (Å²) >= 11 is 0. The fourth-order valence-corrected chi connectivity index (χ4v) is 13.1. The fourth-order valence-electron chi connectivity index (χ4n) is 7.63. The summed E-state index contributed by atoms with van der Waals surface area (Å²) in [6.45, 7) is 21.0. The molecule has 4 heterocycles. The SMILES string of the molecule is CC(C)[Si](OCC[C@@H]1O[C@@H]2C[C@@H]3O[C@@H]4COC(C)(C)O[C@H]4CC[C@H]3O[C@@]2(C)C[C@H]1O)(C(C)C)C(C)C. The molecule has 7 nitrogen and oxygen atoms in total. The number of hydrogen-bond donors (Lipinski definition) is 1. The van der Waals surface area contributed by atoms with E-state index in [4.69, 9.17) is 28.1 Å². The molecular formula is C28H52O7Si. The second-order valence-corrected chi connectivity index (χ2v) is 18.7. The van der Waals surface area contributed by atoms with Crippen molar-refractivity contribution in [1.82, 2.24) is 0 Å². The van der Waals surface area contributed by atoms with Crippen LogP contribution in [0.5, 0.6) is 0 Å². The van der Waals surface area contributed by atoms with Gasteiger partial charge in [-0.25, -0.2) is 0 Å². The molecule has 0 unspecified atom stereocenters. The molecule has 0 aromatic carbocycles. The lowest BCUT2D eigenvalue weighted by Gasteiger charge is -2.53. The molecule has 8 heteroatoms. The Morgan fingerprint density at radius 1 is 0.861 bits per heavy atom. The minimum atomic E-state index is -1.94. The molecule has 0 amide bonds. The van der Waals surface area contributed by atoms with Crippen LogP contribution >= 0.6 is 0 Å². The number of aliphatic hydroxyl groups is 1. The Morgan fingerprint density at radius 3 is 2.08 bits per heavy atom. The molecule has 0 aromatic rings. The average Bonchev–Trinajstić information content (AvgIpc) is 2.92. The second kappa shape index (κ2) is 10.8. The maximum Gasteiger partial charge on any atom is 0.200 e. The Hall–Kier alpha value is -0.0631. The maximum absolute atomic E-state index is 11.1. The van der Waals surface area contributed by atoms with Gasteiger partial charge in [0.25, 0.3) is 0 Å². The molecule has 0 bridgehead atoms. The van der Waals surface area contributed by atoms with E-state index in [9.17, 15) is 5.11 Å². The monoisotopic (exact) mass is 528 g/mol. The van der Waals surface area contributed by atoms with Crippen LogP contribution in [0.2, 0.25) is 16.6 Å². The van der Waals surface area contributed by atoms with Crippen molar-refractivity contribution in [3.63, 3.8) is 0 Å². The van der Waals surface area contributed by atoms with E-state index in [2.05, 4.69) is 48.5 Å². The molecule has 1 N–H and O–H groups in total. The smallest absolute Gasteiger partial charge is 0.200 e. The molecule has 4 rings (SSSR count). The highest BCUT2D eigenvalue weighted by atomic mass is 28.4. The van der Waals surface area contributed by atoms with Crippen molar-refractivity contribution in [2.75, 3.05) is 13.2 Å². The standard InChI is InChI=1S/C28H52O7Si/c1-17(2)36(18(3)4,19(5)6)31-13-12-21-20(29)15-28(9)26(33-21)14-24-22(35-28)10-11-23-25(32-24)16-30-27(7,8)34-23/h17-26,29H,10-16H2,1-9H3/t20-,21+,22-,23+,24+,25-,26-,28+/m1/s1. The first-order valence-corrected chi connectivity index (χ1v) is 16.5. The summed E-state index contributed by atoms with van der Waals surface area (Å²) in [6.07, 6.45) is 2.73. The summed E-state index contributed by atoms with van der Waals surface area (Å²) < 4.78 is 38.6. The maximum atomic E-state index is 11.1. The van der Waals surface area contributed by atoms with Crippen molar-refractivity contribution < 1.29 is 33.2 Å². The molecule has 0 aromatic heterocycles. The minimum absolute atomic E-state index is 0.0153. The van der Waals surface area contributed by atoms with Crippen molar-refractivity contribution >= 4 is 8.32 Å². The zero-order chi connectivity index (χ0) is 26.5. The van der Waals surface area contributed by atoms with Gasteiger partial charge in [0, 0.05) is 19.4 Å². The van der Waals surface area contributed by atoms with Gasteiger partial charge in [-0.3, -0.25) is 0 Å². The van der Waals surface area contributed by atoms with Crippen LogP contribution in [-0.2, 0) is 28.1 Å². The largest absolute Gasteiger partial charge is 0.416 e. The quantitative estimate of drug-likeness (QED) is 0.447. The van der Waals surface area contributed by atoms with Gasteiger partial charge in [0.05, 0.1) is 48.8 Å². The summed E-state index contributed by atoms with van der Waals surface area (Å²) in [7, 11) is -1.94. The van der Waals surface area contributed by atoms with Gasteiger partial charge in [0.2, 0.25) is 0 Å². The van der Waals surface area contributed by atoms with E-state index in [1.54, 1.807) is 0 Å². The molecule has 36 heavy (non-hydrogen) atoms. The normalized spacial score (nSPS) is 41.1. The first kappa shape index (κ1) is 28.9. The van der Waals surface area contributed by atoms with E-state index in [1.807, 2.05) is 13.8 Å². The Bertz CT molecular complexity index is 722. The first-order valence-electron chi connectivity index (χ1n) is 14.4. The zero-order valence-corrected chi connectivity index (χ0v) is 25.1. The Labute approximate surface area is 220 Å². The fraction of sp³-hybridized carbons (Fsp3) is 1.00. The van der Waals surface area contributed by atoms with E-state index in [0.29, 0.717) is 42.7 Å². The van der Waals surface area contributed by atoms with Crippen molar-refractivity contribution in [2.45, 2.75) is 165 Å². The van der Waals surface area contributed by atoms with Gasteiger partial charge in [-0.05, 0) is 56.7 Å². The number of hydrogen-bond acceptors (Lipinski definition) is 7. The topological polar surface area (TPSA) is 75.6 Å². The summed E-state index contributed by atoms with van der Waals surface area (Å²) in [5.41, 5.74) is 1.10. The molecule has 0 radical (unpaired) electrons. The van der Waals surface area contributed by atoms with Gasteiger partial charge >= 0.3 is 0 Å². The van der Waals surface area contributed by atoms with Gasteiger partial charge in [-0.15, -0.1) is 0 Å². The van der Waals surface area contributed by atoms with E-state index in [0.717, 1.165) is 19.3 Å². The third-order valence-corrected chi connectivity index (χ3v) is 15.5. The molecule has 8 atom stereocenters. The van der Waals surface area contributed by atoms with Crippen molar-refractivity contribution in [3.8, 4) is 0 Å². The summed E-state index contributed by atoms with van der Waals surface area (Å²) in [5.74, 6) is -0.579. The molecule has 0 spiro atoms. The third kappa shape index (κ3) is 5.62. The van der Waals surface area contributed by atoms with Crippen LogP contribution in [0.15, 0.2) is 0 Å². The number of fused-ring (bicyclic) bond motifs is 3. The van der Waals surface area contributed by atoms with E-state index in [-0.39, 0.29) is 36.6 Å². The molecule has 4 aliphatic rings. The second-order valence-electron chi connectivity index (χ2n) is 13.3. The summed E-state index contributed by atoms with van der Waals surface area (Å²) in [6, 6.07) is 0. The molecule has 210 valence electrons. The lowest BCUT2D eigenvalue weighted by molar-refractivity contribution is -0.325. The van der Waals surface area contributed by atoms with Crippen LogP contribution in [-0.4, -0.2) is 80.8 Å². The molecular weight excluding hydrogens is 476 g/mol. The van der Waals surface area contributed by atoms with E-state index < -0.39 is 25.8 Å². The van der Waals surface area contributed by atoms with Gasteiger partial charge < -0.3 is 33.2 Å². The van der Waals surface area contributed by atoms with Crippen LogP contribution in [0.25, 0.3) is 0 Å². The van der Waals surface area contributed by atoms with Crippen molar-refractivity contribution in [2.24, 2.45) is 0 Å². The Kier molecular flexibility index (Phi) is 8.71. The summed E-state index contributed by atoms with van der Waals surface area (Å²) in [4.78, 5) is 0. The molecule has 4 fully saturated rings. The highest BCUT2D eigenvalue weighted by Crippen LogP contribution is 2.46. The van der Waals surface area contributed by atoms with Crippen LogP contribution in [0.3, 0.4) is 0 Å². The first-order chi connectivity index (χ1) is 16.8. The molecule has 4 aliphatic heterocycles. The highest BCUT2D eigenvalue weighted by Gasteiger charge is 2.55. The number of rotatable bonds is 7. The zero-order valence-electron chi connectivity index (χ0n) is 24.1. The highest BCUT2D eigenvalue weighted by molar-refractivity contribution is 6.77. The average molecular weight is 529 g/mol. The minimum Gasteiger partial charge on any atom is -0.416 e. The van der Waals surface area contributed by atoms with Gasteiger partial charge in [-0.1, -0.05) is 41.5 Å². The molecule has 4 saturated heterocycles. The molecule has 0 saturated carbocycles. The van der Waals surface area contributed by atoms with Gasteiger partial charge in [-0.2, -0.15) is 0 Å². The van der Waals surface area contributed by atoms with Crippen LogP contribution in [0, 0.1) is 0 Å². The Balaban J connectivity index is 1.39. The lowest BCUT2D eigenvalue weighted by atomic mass is 9.79. The van der Waals surface area contributed by atoms with E-state index in [1.165, 1.54) is 0 Å². The van der Waals surface area contributed by atoms with E-state index >= 15 is 0 Å². The molecule has 0 aliphatic carbocycles. The van der Waals surface area contributed by atoms with Crippen LogP contribution < -0.4 is 0 Å². The Morgan fingerprint density at radius 2 is 1.47 bits per heavy atom. The summed E-state index contributed by atoms with van der Waals surface area (Å²) in [5, 5.41) is 11.1. The van der Waals surface area contributed by atoms with Crippen molar-refractivity contribution in [1.29, 1.82) is 0 Å². The van der Waals surface area contributed by atoms with Gasteiger partial charge in [0.15, 0.2) is 14.1 Å². The number of aliphatic hydroxyl groups excluding tert-OH is 1. The van der Waals surface area contributed by atoms with Crippen LogP contribution in [0.4, 0.5) is 0 Å². The predicted molar refractivity (Wildman–Crippen MR) is 142 cm³/mol. The van der Waals surface area contributed by atoms with Crippen molar-refractivity contribution in [3.05, 3.63) is 0 Å². The lowest BCUT2D eigenvalue weighted by Crippen LogP contribution is -2.63.